The zero-order valence-electron chi connectivity index (χ0n) is 18.5. The van der Waals surface area contributed by atoms with Crippen LogP contribution in [0.25, 0.3) is 0 Å². The van der Waals surface area contributed by atoms with Gasteiger partial charge in [0.1, 0.15) is 11.6 Å². The van der Waals surface area contributed by atoms with Crippen LogP contribution in [0.15, 0.2) is 12.2 Å². The van der Waals surface area contributed by atoms with E-state index in [1.165, 1.54) is 4.90 Å². The lowest BCUT2D eigenvalue weighted by Crippen LogP contribution is -2.56. The third-order valence-electron chi connectivity index (χ3n) is 7.09. The largest absolute Gasteiger partial charge is 0.436 e. The highest BCUT2D eigenvalue weighted by molar-refractivity contribution is 5.98. The van der Waals surface area contributed by atoms with Gasteiger partial charge in [-0.05, 0) is 63.7 Å². The van der Waals surface area contributed by atoms with Crippen LogP contribution in [0.5, 0.6) is 0 Å². The third kappa shape index (κ3) is 5.07. The maximum absolute atomic E-state index is 13.3. The molecule has 4 rings (SSSR count). The highest BCUT2D eigenvalue weighted by Gasteiger charge is 2.60. The second kappa shape index (κ2) is 9.50. The molecule has 32 heavy (non-hydrogen) atoms. The number of carbonyl (C=O) groups is 4. The van der Waals surface area contributed by atoms with Crippen LogP contribution in [0.4, 0.5) is 4.79 Å². The van der Waals surface area contributed by atoms with Crippen molar-refractivity contribution in [1.82, 2.24) is 15.5 Å². The monoisotopic (exact) mass is 446 g/mol. The smallest absolute Gasteiger partial charge is 0.405 e. The van der Waals surface area contributed by atoms with Crippen molar-refractivity contribution in [1.29, 1.82) is 0 Å². The number of fused-ring (bicyclic) bond motifs is 2. The predicted octanol–water partition coefficient (Wildman–Crippen LogP) is 1.36. The number of primary amides is 1. The second-order valence-electron chi connectivity index (χ2n) is 9.61. The van der Waals surface area contributed by atoms with Crippen LogP contribution in [0.3, 0.4) is 0 Å². The molecule has 4 atom stereocenters. The molecule has 0 aromatic heterocycles. The van der Waals surface area contributed by atoms with Gasteiger partial charge in [-0.15, -0.1) is 0 Å². The van der Waals surface area contributed by atoms with Crippen molar-refractivity contribution in [2.75, 3.05) is 13.1 Å². The van der Waals surface area contributed by atoms with Crippen LogP contribution < -0.4 is 16.4 Å². The van der Waals surface area contributed by atoms with Crippen molar-refractivity contribution in [3.63, 3.8) is 0 Å². The highest BCUT2D eigenvalue weighted by atomic mass is 16.6. The van der Waals surface area contributed by atoms with Gasteiger partial charge in [-0.1, -0.05) is 18.6 Å². The van der Waals surface area contributed by atoms with E-state index in [0.717, 1.165) is 38.5 Å². The molecule has 2 aliphatic carbocycles. The maximum Gasteiger partial charge on any atom is 0.405 e. The Hall–Kier alpha value is -2.58. The molecule has 2 heterocycles. The fourth-order valence-electron chi connectivity index (χ4n) is 4.89. The fourth-order valence-corrected chi connectivity index (χ4v) is 4.89. The first-order valence-electron chi connectivity index (χ1n) is 11.9. The number of rotatable bonds is 4. The van der Waals surface area contributed by atoms with Crippen LogP contribution in [0.2, 0.25) is 0 Å². The molecular weight excluding hydrogens is 412 g/mol. The van der Waals surface area contributed by atoms with E-state index < -0.39 is 23.8 Å². The summed E-state index contributed by atoms with van der Waals surface area (Å²) in [4.78, 5) is 52.3. The second-order valence-corrected chi connectivity index (χ2v) is 9.61. The minimum Gasteiger partial charge on any atom is -0.436 e. The number of nitrogens with one attached hydrogen (secondary N) is 2. The van der Waals surface area contributed by atoms with E-state index in [1.807, 2.05) is 6.08 Å². The summed E-state index contributed by atoms with van der Waals surface area (Å²) < 4.78 is 5.12. The Kier molecular flexibility index (Phi) is 6.71. The van der Waals surface area contributed by atoms with Gasteiger partial charge in [-0.25, -0.2) is 4.79 Å². The molecule has 9 heteroatoms. The van der Waals surface area contributed by atoms with E-state index in [9.17, 15) is 19.2 Å². The Labute approximate surface area is 188 Å². The first kappa shape index (κ1) is 22.6. The molecule has 4 unspecified atom stereocenters. The van der Waals surface area contributed by atoms with Crippen molar-refractivity contribution >= 4 is 23.8 Å². The SMILES string of the molecule is NC(=O)OC1CCCCC/C=C/C2CC2(C(=O)NCC2CC2)NC(=O)C2CCCN2C1=O. The summed E-state index contributed by atoms with van der Waals surface area (Å²) in [5, 5.41) is 6.02. The van der Waals surface area contributed by atoms with Gasteiger partial charge in [0.15, 0.2) is 6.10 Å². The van der Waals surface area contributed by atoms with E-state index in [4.69, 9.17) is 10.5 Å². The summed E-state index contributed by atoms with van der Waals surface area (Å²) in [6.45, 7) is 1.06. The molecule has 1 saturated heterocycles. The first-order chi connectivity index (χ1) is 15.4. The van der Waals surface area contributed by atoms with Gasteiger partial charge in [-0.2, -0.15) is 0 Å². The minimum atomic E-state index is -0.989. The summed E-state index contributed by atoms with van der Waals surface area (Å²) in [6.07, 6.45) is 9.96. The number of amides is 4. The summed E-state index contributed by atoms with van der Waals surface area (Å²) in [5.74, 6) is -0.323. The fraction of sp³-hybridized carbons (Fsp3) is 0.739. The number of carbonyl (C=O) groups excluding carboxylic acids is 4. The van der Waals surface area contributed by atoms with Crippen LogP contribution >= 0.6 is 0 Å². The van der Waals surface area contributed by atoms with Crippen LogP contribution in [0.1, 0.15) is 64.2 Å². The molecule has 9 nitrogen and oxygen atoms in total. The Morgan fingerprint density at radius 1 is 1.16 bits per heavy atom. The van der Waals surface area contributed by atoms with Gasteiger partial charge in [-0.3, -0.25) is 14.4 Å². The number of hydrogen-bond acceptors (Lipinski definition) is 5. The normalized spacial score (nSPS) is 34.2. The van der Waals surface area contributed by atoms with E-state index in [2.05, 4.69) is 16.7 Å². The van der Waals surface area contributed by atoms with E-state index in [-0.39, 0.29) is 23.6 Å². The molecule has 3 fully saturated rings. The Bertz CT molecular complexity index is 795. The molecule has 4 aliphatic rings. The number of ether oxygens (including phenoxy) is 1. The Balaban J connectivity index is 1.52. The lowest BCUT2D eigenvalue weighted by atomic mass is 10.1. The molecule has 0 aromatic carbocycles. The number of hydrogen-bond donors (Lipinski definition) is 3. The van der Waals surface area contributed by atoms with E-state index >= 15 is 0 Å². The topological polar surface area (TPSA) is 131 Å². The van der Waals surface area contributed by atoms with E-state index in [1.54, 1.807) is 0 Å². The van der Waals surface area contributed by atoms with Crippen molar-refractivity contribution < 1.29 is 23.9 Å². The molecular formula is C23H34N4O5. The molecule has 4 amide bonds. The lowest BCUT2D eigenvalue weighted by molar-refractivity contribution is -0.146. The molecule has 4 N–H and O–H groups in total. The zero-order valence-corrected chi connectivity index (χ0v) is 18.5. The highest BCUT2D eigenvalue weighted by Crippen LogP contribution is 2.45. The lowest BCUT2D eigenvalue weighted by Gasteiger charge is -2.29. The summed E-state index contributed by atoms with van der Waals surface area (Å²) >= 11 is 0. The predicted molar refractivity (Wildman–Crippen MR) is 116 cm³/mol. The molecule has 176 valence electrons. The number of allylic oxidation sites excluding steroid dienone is 1. The van der Waals surface area contributed by atoms with Crippen molar-refractivity contribution in [3.05, 3.63) is 12.2 Å². The zero-order chi connectivity index (χ0) is 22.7. The molecule has 2 aliphatic heterocycles. The van der Waals surface area contributed by atoms with Gasteiger partial charge in [0, 0.05) is 19.0 Å². The summed E-state index contributed by atoms with van der Waals surface area (Å²) in [7, 11) is 0. The maximum atomic E-state index is 13.3. The Morgan fingerprint density at radius 3 is 2.72 bits per heavy atom. The number of nitrogens with two attached hydrogens (primary N) is 1. The van der Waals surface area contributed by atoms with Crippen LogP contribution in [-0.2, 0) is 19.1 Å². The van der Waals surface area contributed by atoms with Crippen LogP contribution in [0, 0.1) is 11.8 Å². The van der Waals surface area contributed by atoms with Gasteiger partial charge >= 0.3 is 6.09 Å². The van der Waals surface area contributed by atoms with Gasteiger partial charge < -0.3 is 26.0 Å². The summed E-state index contributed by atoms with van der Waals surface area (Å²) in [5.41, 5.74) is 4.25. The summed E-state index contributed by atoms with van der Waals surface area (Å²) in [6, 6.07) is -0.676. The van der Waals surface area contributed by atoms with Gasteiger partial charge in [0.25, 0.3) is 5.91 Å². The van der Waals surface area contributed by atoms with E-state index in [0.29, 0.717) is 44.7 Å². The molecule has 0 bridgehead atoms. The average Bonchev–Trinajstić information content (AvgIpc) is 3.65. The minimum absolute atomic E-state index is 0.0349. The van der Waals surface area contributed by atoms with Gasteiger partial charge in [0.2, 0.25) is 11.8 Å². The van der Waals surface area contributed by atoms with Crippen molar-refractivity contribution in [3.8, 4) is 0 Å². The quantitative estimate of drug-likeness (QED) is 0.561. The van der Waals surface area contributed by atoms with Gasteiger partial charge in [0.05, 0.1) is 0 Å². The van der Waals surface area contributed by atoms with Crippen molar-refractivity contribution in [2.24, 2.45) is 17.6 Å². The molecule has 0 aromatic rings. The molecule has 0 spiro atoms. The molecule has 0 radical (unpaired) electrons. The van der Waals surface area contributed by atoms with Crippen molar-refractivity contribution in [2.45, 2.75) is 81.9 Å². The molecule has 2 saturated carbocycles. The Morgan fingerprint density at radius 2 is 1.97 bits per heavy atom. The average molecular weight is 447 g/mol. The van der Waals surface area contributed by atoms with Crippen LogP contribution in [-0.4, -0.2) is 59.5 Å². The number of nitrogens with zero attached hydrogens (tertiary/aromatic N) is 1. The standard InChI is InChI=1S/C23H34N4O5/c24-22(31)32-18-9-5-3-1-2-4-7-16-13-23(16,21(30)25-14-15-10-11-15)26-19(28)17-8-6-12-27(17)20(18)29/h4,7,15-18H,1-3,5-6,8-14H2,(H2,24,31)(H,25,30)(H,26,28)/b7-4+. The third-order valence-corrected chi connectivity index (χ3v) is 7.09. The first-order valence-corrected chi connectivity index (χ1v) is 11.9.